The number of piperidine rings is 2. The van der Waals surface area contributed by atoms with Crippen molar-refractivity contribution in [2.24, 2.45) is 17.8 Å². The number of ketones is 1. The molecule has 2 amide bonds. The Kier molecular flexibility index (Phi) is 8.13. The number of amides is 2. The van der Waals surface area contributed by atoms with E-state index in [9.17, 15) is 24.3 Å². The molecule has 13 nitrogen and oxygen atoms in total. The van der Waals surface area contributed by atoms with Crippen LogP contribution in [0.4, 0.5) is 0 Å². The van der Waals surface area contributed by atoms with E-state index in [1.165, 1.54) is 46.9 Å². The third-order valence-electron chi connectivity index (χ3n) is 9.98. The molecule has 0 saturated carbocycles. The van der Waals surface area contributed by atoms with Gasteiger partial charge in [0.1, 0.15) is 18.6 Å². The first-order valence-electron chi connectivity index (χ1n) is 15.1. The number of β-lactam (4-membered cyclic amide) rings is 1. The van der Waals surface area contributed by atoms with E-state index in [1.54, 1.807) is 0 Å². The zero-order chi connectivity index (χ0) is 29.6. The normalized spacial score (nSPS) is 31.3. The number of carboxylic acid groups (broad SMARTS) is 1. The Morgan fingerprint density at radius 3 is 2.67 bits per heavy atom. The van der Waals surface area contributed by atoms with Gasteiger partial charge in [-0.05, 0) is 55.0 Å². The predicted octanol–water partition coefficient (Wildman–Crippen LogP) is 0.640. The molecule has 0 aromatic carbocycles. The largest absolute Gasteiger partial charge is 0.477 e. The summed E-state index contributed by atoms with van der Waals surface area (Å²) in [5.41, 5.74) is 0.250. The Morgan fingerprint density at radius 2 is 2.00 bits per heavy atom. The van der Waals surface area contributed by atoms with Gasteiger partial charge in [0.05, 0.1) is 18.0 Å². The van der Waals surface area contributed by atoms with Crippen molar-refractivity contribution < 1.29 is 24.3 Å². The van der Waals surface area contributed by atoms with E-state index in [-0.39, 0.29) is 71.0 Å². The summed E-state index contributed by atoms with van der Waals surface area (Å²) in [6.07, 6.45) is 7.82. The van der Waals surface area contributed by atoms with Gasteiger partial charge in [0.15, 0.2) is 5.78 Å². The maximum Gasteiger partial charge on any atom is 0.353 e. The highest BCUT2D eigenvalue weighted by Crippen LogP contribution is 2.53. The first-order chi connectivity index (χ1) is 20.2. The number of Topliss-reactive ketones (excluding diaryl/α,β-unsaturated/α-hetero) is 1. The lowest BCUT2D eigenvalue weighted by molar-refractivity contribution is -0.160. The topological polar surface area (TPSA) is 163 Å². The number of carboxylic acids is 1. The third-order valence-corrected chi connectivity index (χ3v) is 11.5. The van der Waals surface area contributed by atoms with Crippen LogP contribution >= 0.6 is 11.8 Å². The number of carbonyl (C=O) groups is 4. The predicted molar refractivity (Wildman–Crippen MR) is 153 cm³/mol. The SMILES string of the molecule is C[C@@H](CC(=O)Cn1cnnn1)[C@H]1C(=O)N2C(C(=O)O)=C(S[C@@H]3CN[C@H](C(=O)N4CCC5(CCCCN5)CC4)C3)[C@H](C)[C@H]12. The van der Waals surface area contributed by atoms with E-state index in [2.05, 4.69) is 26.2 Å². The standard InChI is InChI=1S/C28H40N8O5S/c1-16(11-18(37)14-35-15-31-32-33-35)21-22-17(2)24(23(27(40)41)36(22)26(21)39)42-19-12-20(29-13-19)25(38)34-9-6-28(7-10-34)5-3-4-8-30-28/h15-17,19-22,29-30H,3-14H2,1-2H3,(H,40,41)/t16-,17+,19-,20-,21+,22+/m0/s1. The molecular formula is C28H40N8O5S. The highest BCUT2D eigenvalue weighted by atomic mass is 32.2. The molecule has 6 atom stereocenters. The number of rotatable bonds is 9. The molecule has 1 spiro atoms. The average molecular weight is 601 g/mol. The summed E-state index contributed by atoms with van der Waals surface area (Å²) in [5.74, 6) is -2.14. The van der Waals surface area contributed by atoms with Gasteiger partial charge in [-0.2, -0.15) is 0 Å². The molecule has 6 heterocycles. The van der Waals surface area contributed by atoms with Crippen molar-refractivity contribution >= 4 is 35.3 Å². The van der Waals surface area contributed by atoms with Gasteiger partial charge < -0.3 is 25.5 Å². The molecule has 0 unspecified atom stereocenters. The molecule has 4 saturated heterocycles. The van der Waals surface area contributed by atoms with Gasteiger partial charge in [-0.15, -0.1) is 16.9 Å². The zero-order valence-corrected chi connectivity index (χ0v) is 25.0. The lowest BCUT2D eigenvalue weighted by atomic mass is 9.73. The summed E-state index contributed by atoms with van der Waals surface area (Å²) >= 11 is 1.49. The lowest BCUT2D eigenvalue weighted by Crippen LogP contribution is -2.62. The number of hydrogen-bond acceptors (Lipinski definition) is 10. The van der Waals surface area contributed by atoms with Crippen LogP contribution in [-0.4, -0.2) is 108 Å². The van der Waals surface area contributed by atoms with Crippen molar-refractivity contribution in [1.29, 1.82) is 0 Å². The van der Waals surface area contributed by atoms with Crippen molar-refractivity contribution in [3.63, 3.8) is 0 Å². The Labute approximate surface area is 249 Å². The van der Waals surface area contributed by atoms with Crippen LogP contribution in [0.2, 0.25) is 0 Å². The molecule has 0 bridgehead atoms. The van der Waals surface area contributed by atoms with Gasteiger partial charge in [-0.3, -0.25) is 14.4 Å². The molecule has 5 aliphatic rings. The molecule has 228 valence electrons. The van der Waals surface area contributed by atoms with Gasteiger partial charge in [0, 0.05) is 47.7 Å². The number of tetrazole rings is 1. The maximum absolute atomic E-state index is 13.4. The monoisotopic (exact) mass is 600 g/mol. The van der Waals surface area contributed by atoms with E-state index in [1.807, 2.05) is 18.7 Å². The molecule has 0 aliphatic carbocycles. The summed E-state index contributed by atoms with van der Waals surface area (Å²) < 4.78 is 1.35. The number of nitrogens with zero attached hydrogens (tertiary/aromatic N) is 6. The third kappa shape index (κ3) is 5.37. The summed E-state index contributed by atoms with van der Waals surface area (Å²) in [6.45, 7) is 7.08. The summed E-state index contributed by atoms with van der Waals surface area (Å²) in [6, 6.07) is -0.568. The number of carbonyl (C=O) groups excluding carboxylic acids is 3. The molecule has 3 N–H and O–H groups in total. The first-order valence-corrected chi connectivity index (χ1v) is 16.0. The highest BCUT2D eigenvalue weighted by Gasteiger charge is 2.60. The zero-order valence-electron chi connectivity index (χ0n) is 24.2. The van der Waals surface area contributed by atoms with E-state index >= 15 is 0 Å². The number of hydrogen-bond donors (Lipinski definition) is 3. The van der Waals surface area contributed by atoms with Gasteiger partial charge in [-0.1, -0.05) is 20.3 Å². The van der Waals surface area contributed by atoms with Crippen molar-refractivity contribution in [1.82, 2.24) is 40.6 Å². The fourth-order valence-corrected chi connectivity index (χ4v) is 9.22. The van der Waals surface area contributed by atoms with Gasteiger partial charge in [0.2, 0.25) is 11.8 Å². The second-order valence-corrected chi connectivity index (χ2v) is 14.0. The summed E-state index contributed by atoms with van der Waals surface area (Å²) in [4.78, 5) is 55.7. The second-order valence-electron chi connectivity index (χ2n) is 12.7. The van der Waals surface area contributed by atoms with Gasteiger partial charge in [-0.25, -0.2) is 9.48 Å². The molecule has 1 aromatic heterocycles. The van der Waals surface area contributed by atoms with Gasteiger partial charge >= 0.3 is 5.97 Å². The molecule has 14 heteroatoms. The summed E-state index contributed by atoms with van der Waals surface area (Å²) in [5, 5.41) is 28.1. The highest BCUT2D eigenvalue weighted by molar-refractivity contribution is 8.03. The minimum absolute atomic E-state index is 0.0319. The van der Waals surface area contributed by atoms with Crippen molar-refractivity contribution in [3.8, 4) is 0 Å². The van der Waals surface area contributed by atoms with E-state index in [4.69, 9.17) is 0 Å². The van der Waals surface area contributed by atoms with Crippen LogP contribution in [-0.2, 0) is 25.7 Å². The Bertz CT molecular complexity index is 1250. The molecule has 42 heavy (non-hydrogen) atoms. The van der Waals surface area contributed by atoms with Crippen LogP contribution in [0.3, 0.4) is 0 Å². The van der Waals surface area contributed by atoms with Crippen molar-refractivity contribution in [2.75, 3.05) is 26.2 Å². The molecular weight excluding hydrogens is 560 g/mol. The average Bonchev–Trinajstić information content (AvgIpc) is 3.70. The van der Waals surface area contributed by atoms with Crippen LogP contribution in [0.1, 0.15) is 58.8 Å². The molecule has 6 rings (SSSR count). The fraction of sp³-hybridized carbons (Fsp3) is 0.750. The first kappa shape index (κ1) is 29.2. The Morgan fingerprint density at radius 1 is 1.21 bits per heavy atom. The molecule has 4 fully saturated rings. The van der Waals surface area contributed by atoms with Gasteiger partial charge in [0.25, 0.3) is 0 Å². The van der Waals surface area contributed by atoms with E-state index < -0.39 is 11.9 Å². The van der Waals surface area contributed by atoms with Crippen molar-refractivity contribution in [3.05, 3.63) is 16.9 Å². The second kappa shape index (κ2) is 11.7. The van der Waals surface area contributed by atoms with E-state index in [0.29, 0.717) is 17.9 Å². The van der Waals surface area contributed by atoms with Crippen LogP contribution in [0.25, 0.3) is 0 Å². The fourth-order valence-electron chi connectivity index (χ4n) is 7.74. The number of thioether (sulfide) groups is 1. The van der Waals surface area contributed by atoms with Crippen LogP contribution < -0.4 is 10.6 Å². The number of fused-ring (bicyclic) bond motifs is 1. The lowest BCUT2D eigenvalue weighted by Gasteiger charge is -2.47. The quantitative estimate of drug-likeness (QED) is 0.341. The molecule has 1 aromatic rings. The van der Waals surface area contributed by atoms with E-state index in [0.717, 1.165) is 32.5 Å². The molecule has 5 aliphatic heterocycles. The minimum Gasteiger partial charge on any atom is -0.477 e. The maximum atomic E-state index is 13.4. The molecule has 0 radical (unpaired) electrons. The smallest absolute Gasteiger partial charge is 0.353 e. The van der Waals surface area contributed by atoms with Crippen molar-refractivity contribution in [2.45, 2.75) is 88.2 Å². The Balaban J connectivity index is 1.06. The number of nitrogens with one attached hydrogen (secondary N) is 2. The van der Waals surface area contributed by atoms with Crippen LogP contribution in [0.15, 0.2) is 16.9 Å². The number of likely N-dealkylation sites (tertiary alicyclic amines) is 1. The summed E-state index contributed by atoms with van der Waals surface area (Å²) in [7, 11) is 0. The number of aliphatic carboxylic acids is 1. The van der Waals surface area contributed by atoms with Crippen LogP contribution in [0.5, 0.6) is 0 Å². The Hall–Kier alpha value is -2.84. The minimum atomic E-state index is -1.11. The number of aromatic nitrogens is 4. The van der Waals surface area contributed by atoms with Crippen LogP contribution in [0, 0.1) is 17.8 Å².